The summed E-state index contributed by atoms with van der Waals surface area (Å²) in [5.74, 6) is -0.0889. The first kappa shape index (κ1) is 12.9. The number of methoxy groups -OCH3 is 1. The molecule has 0 spiro atoms. The number of aliphatic hydroxyl groups is 1. The van der Waals surface area contributed by atoms with Crippen LogP contribution in [-0.4, -0.2) is 36.8 Å². The van der Waals surface area contributed by atoms with Crippen molar-refractivity contribution >= 4 is 0 Å². The normalized spacial score (nSPS) is 10.8. The number of hydrogen-bond donors (Lipinski definition) is 1. The molecule has 0 unspecified atom stereocenters. The standard InChI is InChI=1S/C12H18FNO2/c1-3-14(6-7-15)9-10-4-5-12(16-2)11(13)8-10/h4-5,8,15H,3,6-7,9H2,1-2H3. The molecule has 0 fully saturated rings. The Labute approximate surface area is 95.5 Å². The Balaban J connectivity index is 2.69. The Bertz CT molecular complexity index is 331. The third-order valence-corrected chi connectivity index (χ3v) is 2.49. The van der Waals surface area contributed by atoms with Crippen molar-refractivity contribution < 1.29 is 14.2 Å². The largest absolute Gasteiger partial charge is 0.494 e. The zero-order valence-corrected chi connectivity index (χ0v) is 9.74. The van der Waals surface area contributed by atoms with Crippen molar-refractivity contribution in [2.45, 2.75) is 13.5 Å². The van der Waals surface area contributed by atoms with Crippen LogP contribution in [0.1, 0.15) is 12.5 Å². The quantitative estimate of drug-likeness (QED) is 0.802. The molecule has 0 heterocycles. The van der Waals surface area contributed by atoms with Crippen LogP contribution in [0.2, 0.25) is 0 Å². The third-order valence-electron chi connectivity index (χ3n) is 2.49. The summed E-state index contributed by atoms with van der Waals surface area (Å²) in [4.78, 5) is 2.04. The van der Waals surface area contributed by atoms with Crippen LogP contribution in [0.4, 0.5) is 4.39 Å². The summed E-state index contributed by atoms with van der Waals surface area (Å²) in [7, 11) is 1.45. The first-order valence-electron chi connectivity index (χ1n) is 5.36. The van der Waals surface area contributed by atoms with E-state index in [0.29, 0.717) is 13.1 Å². The molecule has 0 saturated carbocycles. The summed E-state index contributed by atoms with van der Waals surface area (Å²) >= 11 is 0. The molecule has 1 aromatic rings. The molecule has 0 saturated heterocycles. The minimum atomic E-state index is -0.347. The summed E-state index contributed by atoms with van der Waals surface area (Å²) < 4.78 is 18.2. The fraction of sp³-hybridized carbons (Fsp3) is 0.500. The molecule has 0 aliphatic heterocycles. The van der Waals surface area contributed by atoms with Gasteiger partial charge in [-0.2, -0.15) is 0 Å². The van der Waals surface area contributed by atoms with E-state index in [0.717, 1.165) is 12.1 Å². The SMILES string of the molecule is CCN(CCO)Cc1ccc(OC)c(F)c1. The molecule has 0 bridgehead atoms. The van der Waals surface area contributed by atoms with Crippen molar-refractivity contribution in [1.29, 1.82) is 0 Å². The summed E-state index contributed by atoms with van der Waals surface area (Å²) in [6.07, 6.45) is 0. The highest BCUT2D eigenvalue weighted by Gasteiger charge is 2.06. The van der Waals surface area contributed by atoms with Crippen molar-refractivity contribution in [1.82, 2.24) is 4.90 Å². The second-order valence-electron chi connectivity index (χ2n) is 3.56. The smallest absolute Gasteiger partial charge is 0.165 e. The molecule has 1 N–H and O–H groups in total. The lowest BCUT2D eigenvalue weighted by Gasteiger charge is -2.19. The van der Waals surface area contributed by atoms with Crippen LogP contribution in [0.3, 0.4) is 0 Å². The molecule has 90 valence electrons. The minimum Gasteiger partial charge on any atom is -0.494 e. The Morgan fingerprint density at radius 3 is 2.69 bits per heavy atom. The number of benzene rings is 1. The average molecular weight is 227 g/mol. The first-order valence-corrected chi connectivity index (χ1v) is 5.36. The molecule has 3 nitrogen and oxygen atoms in total. The monoisotopic (exact) mass is 227 g/mol. The Kier molecular flexibility index (Phi) is 5.22. The summed E-state index contributed by atoms with van der Waals surface area (Å²) in [5.41, 5.74) is 0.883. The van der Waals surface area contributed by atoms with E-state index in [1.165, 1.54) is 13.2 Å². The van der Waals surface area contributed by atoms with E-state index in [9.17, 15) is 4.39 Å². The van der Waals surface area contributed by atoms with E-state index in [2.05, 4.69) is 0 Å². The first-order chi connectivity index (χ1) is 7.71. The molecule has 0 aromatic heterocycles. The fourth-order valence-corrected chi connectivity index (χ4v) is 1.56. The Morgan fingerprint density at radius 1 is 1.44 bits per heavy atom. The van der Waals surface area contributed by atoms with Gasteiger partial charge in [0.25, 0.3) is 0 Å². The maximum absolute atomic E-state index is 13.4. The van der Waals surface area contributed by atoms with Crippen LogP contribution < -0.4 is 4.74 Å². The number of likely N-dealkylation sites (N-methyl/N-ethyl adjacent to an activating group) is 1. The van der Waals surface area contributed by atoms with E-state index < -0.39 is 0 Å². The number of nitrogens with zero attached hydrogens (tertiary/aromatic N) is 1. The molecule has 0 atom stereocenters. The topological polar surface area (TPSA) is 32.7 Å². The summed E-state index contributed by atoms with van der Waals surface area (Å²) in [6, 6.07) is 4.93. The fourth-order valence-electron chi connectivity index (χ4n) is 1.56. The van der Waals surface area contributed by atoms with Gasteiger partial charge >= 0.3 is 0 Å². The van der Waals surface area contributed by atoms with Crippen molar-refractivity contribution in [3.05, 3.63) is 29.6 Å². The zero-order chi connectivity index (χ0) is 12.0. The van der Waals surface area contributed by atoms with Gasteiger partial charge in [-0.25, -0.2) is 4.39 Å². The highest BCUT2D eigenvalue weighted by molar-refractivity contribution is 5.29. The number of ether oxygens (including phenoxy) is 1. The minimum absolute atomic E-state index is 0.118. The number of hydrogen-bond acceptors (Lipinski definition) is 3. The molecule has 1 aromatic carbocycles. The summed E-state index contributed by atoms with van der Waals surface area (Å²) in [5, 5.41) is 8.85. The number of rotatable bonds is 6. The van der Waals surface area contributed by atoms with Gasteiger partial charge in [0.05, 0.1) is 13.7 Å². The lowest BCUT2D eigenvalue weighted by Crippen LogP contribution is -2.26. The molecule has 4 heteroatoms. The highest BCUT2D eigenvalue weighted by Crippen LogP contribution is 2.18. The van der Waals surface area contributed by atoms with Crippen LogP contribution in [-0.2, 0) is 6.54 Å². The van der Waals surface area contributed by atoms with Gasteiger partial charge in [0.1, 0.15) is 0 Å². The lowest BCUT2D eigenvalue weighted by molar-refractivity contribution is 0.196. The van der Waals surface area contributed by atoms with Gasteiger partial charge in [0.2, 0.25) is 0 Å². The van der Waals surface area contributed by atoms with Crippen LogP contribution in [0, 0.1) is 5.82 Å². The molecule has 16 heavy (non-hydrogen) atoms. The predicted octanol–water partition coefficient (Wildman–Crippen LogP) is 1.65. The van der Waals surface area contributed by atoms with Crippen LogP contribution in [0.5, 0.6) is 5.75 Å². The maximum atomic E-state index is 13.4. The van der Waals surface area contributed by atoms with E-state index in [1.54, 1.807) is 6.07 Å². The van der Waals surface area contributed by atoms with Crippen molar-refractivity contribution in [2.75, 3.05) is 26.8 Å². The van der Waals surface area contributed by atoms with Crippen LogP contribution in [0.15, 0.2) is 18.2 Å². The molecular weight excluding hydrogens is 209 g/mol. The van der Waals surface area contributed by atoms with Gasteiger partial charge in [0, 0.05) is 13.1 Å². The summed E-state index contributed by atoms with van der Waals surface area (Å²) in [6.45, 7) is 4.19. The second kappa shape index (κ2) is 6.45. The predicted molar refractivity (Wildman–Crippen MR) is 61.0 cm³/mol. The van der Waals surface area contributed by atoms with Gasteiger partial charge in [0.15, 0.2) is 11.6 Å². The molecule has 0 aliphatic rings. The number of halogens is 1. The van der Waals surface area contributed by atoms with Gasteiger partial charge in [-0.15, -0.1) is 0 Å². The van der Waals surface area contributed by atoms with E-state index in [4.69, 9.17) is 9.84 Å². The zero-order valence-electron chi connectivity index (χ0n) is 9.74. The molecule has 1 rings (SSSR count). The highest BCUT2D eigenvalue weighted by atomic mass is 19.1. The van der Waals surface area contributed by atoms with E-state index >= 15 is 0 Å². The van der Waals surface area contributed by atoms with Crippen LogP contribution >= 0.6 is 0 Å². The second-order valence-corrected chi connectivity index (χ2v) is 3.56. The van der Waals surface area contributed by atoms with Crippen LogP contribution in [0.25, 0.3) is 0 Å². The Morgan fingerprint density at radius 2 is 2.19 bits per heavy atom. The maximum Gasteiger partial charge on any atom is 0.165 e. The molecule has 0 aliphatic carbocycles. The van der Waals surface area contributed by atoms with Crippen molar-refractivity contribution in [2.24, 2.45) is 0 Å². The van der Waals surface area contributed by atoms with Gasteiger partial charge in [-0.05, 0) is 24.2 Å². The molecular formula is C12H18FNO2. The van der Waals surface area contributed by atoms with Gasteiger partial charge in [-0.1, -0.05) is 13.0 Å². The molecule has 0 amide bonds. The third kappa shape index (κ3) is 3.47. The average Bonchev–Trinajstić information content (AvgIpc) is 2.28. The van der Waals surface area contributed by atoms with Gasteiger partial charge < -0.3 is 9.84 Å². The van der Waals surface area contributed by atoms with Crippen molar-refractivity contribution in [3.63, 3.8) is 0 Å². The van der Waals surface area contributed by atoms with E-state index in [1.807, 2.05) is 17.9 Å². The van der Waals surface area contributed by atoms with E-state index in [-0.39, 0.29) is 18.2 Å². The number of aliphatic hydroxyl groups excluding tert-OH is 1. The lowest BCUT2D eigenvalue weighted by atomic mass is 10.2. The molecule has 0 radical (unpaired) electrons. The van der Waals surface area contributed by atoms with Gasteiger partial charge in [-0.3, -0.25) is 4.90 Å². The van der Waals surface area contributed by atoms with Crippen molar-refractivity contribution in [3.8, 4) is 5.75 Å². The Hall–Kier alpha value is -1.13.